The summed E-state index contributed by atoms with van der Waals surface area (Å²) < 4.78 is 26.5. The number of para-hydroxylation sites is 1. The number of aromatic nitrogens is 1. The fourth-order valence-corrected chi connectivity index (χ4v) is 5.17. The van der Waals surface area contributed by atoms with Crippen molar-refractivity contribution in [2.45, 2.75) is 18.7 Å². The molecule has 0 saturated heterocycles. The minimum Gasteiger partial charge on any atom is -0.308 e. The zero-order valence-corrected chi connectivity index (χ0v) is 18.7. The number of aryl methyl sites for hydroxylation is 2. The van der Waals surface area contributed by atoms with E-state index in [1.165, 1.54) is 16.2 Å². The second-order valence-corrected chi connectivity index (χ2v) is 10.3. The van der Waals surface area contributed by atoms with Crippen LogP contribution < -0.4 is 4.90 Å². The van der Waals surface area contributed by atoms with Crippen LogP contribution in [0, 0.1) is 13.8 Å². The summed E-state index contributed by atoms with van der Waals surface area (Å²) in [6.45, 7) is 4.83. The van der Waals surface area contributed by atoms with Crippen LogP contribution in [-0.2, 0) is 14.6 Å². The smallest absolute Gasteiger partial charge is 0.244 e. The Morgan fingerprint density at radius 3 is 2.34 bits per heavy atom. The number of carbonyl (C=O) groups is 1. The highest BCUT2D eigenvalue weighted by molar-refractivity contribution is 7.92. The van der Waals surface area contributed by atoms with E-state index in [4.69, 9.17) is 0 Å². The minimum absolute atomic E-state index is 0.157. The van der Waals surface area contributed by atoms with Crippen molar-refractivity contribution in [2.24, 2.45) is 0 Å². The van der Waals surface area contributed by atoms with Gasteiger partial charge in [0.1, 0.15) is 5.75 Å². The Morgan fingerprint density at radius 1 is 1.03 bits per heavy atom. The number of fused-ring (bicyclic) bond motifs is 1. The molecule has 8 heteroatoms. The number of carbonyl (C=O) groups excluding carboxylic acids is 1. The van der Waals surface area contributed by atoms with E-state index in [0.29, 0.717) is 18.2 Å². The summed E-state index contributed by atoms with van der Waals surface area (Å²) in [5, 5.41) is 0.528. The third-order valence-corrected chi connectivity index (χ3v) is 7.27. The van der Waals surface area contributed by atoms with Gasteiger partial charge in [-0.1, -0.05) is 41.2 Å². The average molecular weight is 432 g/mol. The number of nitrogens with zero attached hydrogens (tertiary/aromatic N) is 3. The summed E-state index contributed by atoms with van der Waals surface area (Å²) in [4.78, 5) is 21.3. The molecule has 1 aromatic heterocycles. The molecule has 29 heavy (non-hydrogen) atoms. The second-order valence-electron chi connectivity index (χ2n) is 7.34. The number of thiazole rings is 1. The van der Waals surface area contributed by atoms with Gasteiger partial charge in [0, 0.05) is 13.1 Å². The van der Waals surface area contributed by atoms with E-state index >= 15 is 0 Å². The monoisotopic (exact) mass is 431 g/mol. The number of amides is 1. The number of likely N-dealkylation sites (N-methyl/N-ethyl adjacent to an activating group) is 1. The van der Waals surface area contributed by atoms with Crippen molar-refractivity contribution in [3.63, 3.8) is 0 Å². The van der Waals surface area contributed by atoms with E-state index in [9.17, 15) is 13.2 Å². The zero-order chi connectivity index (χ0) is 21.2. The van der Waals surface area contributed by atoms with Gasteiger partial charge < -0.3 is 4.90 Å². The number of benzene rings is 2. The zero-order valence-electron chi connectivity index (χ0n) is 17.0. The summed E-state index contributed by atoms with van der Waals surface area (Å²) >= 11 is 1.40. The molecule has 0 spiro atoms. The van der Waals surface area contributed by atoms with Crippen LogP contribution in [0.25, 0.3) is 10.2 Å². The highest BCUT2D eigenvalue weighted by Gasteiger charge is 2.26. The first kappa shape index (κ1) is 21.4. The van der Waals surface area contributed by atoms with Gasteiger partial charge in [0.2, 0.25) is 5.91 Å². The summed E-state index contributed by atoms with van der Waals surface area (Å²) in [5.74, 6) is -1.05. The molecule has 1 heterocycles. The topological polar surface area (TPSA) is 70.6 Å². The van der Waals surface area contributed by atoms with Gasteiger partial charge in [0.05, 0.1) is 15.1 Å². The van der Waals surface area contributed by atoms with Crippen molar-refractivity contribution < 1.29 is 13.2 Å². The third-order valence-electron chi connectivity index (χ3n) is 4.61. The third kappa shape index (κ3) is 5.01. The molecule has 3 aromatic rings. The lowest BCUT2D eigenvalue weighted by Crippen LogP contribution is -2.40. The Bertz CT molecular complexity index is 1120. The first-order valence-electron chi connectivity index (χ1n) is 9.28. The standard InChI is InChI=1S/C21H25N3O3S2/c1-15-8-10-17(11-9-15)29(26,27)14-19(25)24(13-12-23(3)4)21-22-20-16(2)6-5-7-18(20)28-21/h5-11H,12-14H2,1-4H3. The molecule has 0 saturated carbocycles. The fraction of sp³-hybridized carbons (Fsp3) is 0.333. The minimum atomic E-state index is -3.73. The number of rotatable bonds is 7. The Hall–Kier alpha value is -2.29. The molecule has 154 valence electrons. The molecule has 0 bridgehead atoms. The molecule has 1 amide bonds. The van der Waals surface area contributed by atoms with Crippen molar-refractivity contribution in [3.05, 3.63) is 53.6 Å². The number of sulfone groups is 1. The van der Waals surface area contributed by atoms with Gasteiger partial charge in [-0.3, -0.25) is 9.69 Å². The van der Waals surface area contributed by atoms with Crippen LogP contribution in [-0.4, -0.2) is 57.1 Å². The second kappa shape index (κ2) is 8.61. The van der Waals surface area contributed by atoms with E-state index in [0.717, 1.165) is 21.3 Å². The summed E-state index contributed by atoms with van der Waals surface area (Å²) in [7, 11) is 0.0878. The molecule has 0 aliphatic carbocycles. The van der Waals surface area contributed by atoms with E-state index in [-0.39, 0.29) is 4.90 Å². The summed E-state index contributed by atoms with van der Waals surface area (Å²) in [5.41, 5.74) is 2.83. The van der Waals surface area contributed by atoms with E-state index in [1.807, 2.05) is 51.0 Å². The van der Waals surface area contributed by atoms with Gasteiger partial charge in [-0.25, -0.2) is 13.4 Å². The van der Waals surface area contributed by atoms with Crippen LogP contribution in [0.5, 0.6) is 0 Å². The van der Waals surface area contributed by atoms with Gasteiger partial charge in [-0.05, 0) is 51.7 Å². The number of anilines is 1. The molecular formula is C21H25N3O3S2. The van der Waals surface area contributed by atoms with Gasteiger partial charge in [0.15, 0.2) is 15.0 Å². The van der Waals surface area contributed by atoms with E-state index in [2.05, 4.69) is 4.98 Å². The molecule has 0 unspecified atom stereocenters. The fourth-order valence-electron chi connectivity index (χ4n) is 2.89. The quantitative estimate of drug-likeness (QED) is 0.574. The largest absolute Gasteiger partial charge is 0.308 e. The number of hydrogen-bond donors (Lipinski definition) is 0. The van der Waals surface area contributed by atoms with Crippen molar-refractivity contribution in [1.29, 1.82) is 0 Å². The predicted octanol–water partition coefficient (Wildman–Crippen LogP) is 3.28. The first-order valence-corrected chi connectivity index (χ1v) is 11.7. The van der Waals surface area contributed by atoms with Crippen LogP contribution in [0.2, 0.25) is 0 Å². The molecule has 6 nitrogen and oxygen atoms in total. The molecule has 2 aromatic carbocycles. The summed E-state index contributed by atoms with van der Waals surface area (Å²) in [6.07, 6.45) is 0. The molecule has 0 N–H and O–H groups in total. The van der Waals surface area contributed by atoms with E-state index in [1.54, 1.807) is 24.3 Å². The van der Waals surface area contributed by atoms with Gasteiger partial charge in [-0.2, -0.15) is 0 Å². The number of hydrogen-bond acceptors (Lipinski definition) is 6. The normalized spacial score (nSPS) is 11.9. The highest BCUT2D eigenvalue weighted by atomic mass is 32.2. The Morgan fingerprint density at radius 2 is 1.72 bits per heavy atom. The molecule has 3 rings (SSSR count). The molecule has 0 radical (unpaired) electrons. The highest BCUT2D eigenvalue weighted by Crippen LogP contribution is 2.31. The maximum absolute atomic E-state index is 13.1. The molecule has 0 aliphatic rings. The van der Waals surface area contributed by atoms with Crippen LogP contribution in [0.3, 0.4) is 0 Å². The van der Waals surface area contributed by atoms with Crippen LogP contribution in [0.1, 0.15) is 11.1 Å². The van der Waals surface area contributed by atoms with Crippen molar-refractivity contribution in [1.82, 2.24) is 9.88 Å². The van der Waals surface area contributed by atoms with Crippen molar-refractivity contribution in [3.8, 4) is 0 Å². The summed E-state index contributed by atoms with van der Waals surface area (Å²) in [6, 6.07) is 12.4. The Labute approximate surface area is 175 Å². The lowest BCUT2D eigenvalue weighted by molar-refractivity contribution is -0.116. The van der Waals surface area contributed by atoms with Gasteiger partial charge in [-0.15, -0.1) is 0 Å². The predicted molar refractivity (Wildman–Crippen MR) is 118 cm³/mol. The molecular weight excluding hydrogens is 406 g/mol. The Balaban J connectivity index is 1.92. The first-order chi connectivity index (χ1) is 13.7. The Kier molecular flexibility index (Phi) is 6.36. The maximum atomic E-state index is 13.1. The average Bonchev–Trinajstić information content (AvgIpc) is 3.07. The van der Waals surface area contributed by atoms with Crippen molar-refractivity contribution in [2.75, 3.05) is 37.8 Å². The van der Waals surface area contributed by atoms with Crippen LogP contribution >= 0.6 is 11.3 Å². The molecule has 0 atom stereocenters. The van der Waals surface area contributed by atoms with Gasteiger partial charge in [0.25, 0.3) is 0 Å². The maximum Gasteiger partial charge on any atom is 0.244 e. The lowest BCUT2D eigenvalue weighted by atomic mass is 10.2. The van der Waals surface area contributed by atoms with E-state index < -0.39 is 21.5 Å². The van der Waals surface area contributed by atoms with Crippen LogP contribution in [0.4, 0.5) is 5.13 Å². The molecule has 0 aliphatic heterocycles. The lowest BCUT2D eigenvalue weighted by Gasteiger charge is -2.22. The van der Waals surface area contributed by atoms with Crippen LogP contribution in [0.15, 0.2) is 47.4 Å². The molecule has 0 fully saturated rings. The SMILES string of the molecule is Cc1ccc(S(=O)(=O)CC(=O)N(CCN(C)C)c2nc3c(C)cccc3s2)cc1. The van der Waals surface area contributed by atoms with Crippen molar-refractivity contribution >= 4 is 42.4 Å². The van der Waals surface area contributed by atoms with Gasteiger partial charge >= 0.3 is 0 Å².